The molecule has 0 aliphatic heterocycles. The number of halogens is 1. The highest BCUT2D eigenvalue weighted by Gasteiger charge is 2.26. The smallest absolute Gasteiger partial charge is 0.410 e. The molecule has 0 aliphatic rings. The summed E-state index contributed by atoms with van der Waals surface area (Å²) in [7, 11) is 1.62. The van der Waals surface area contributed by atoms with Crippen molar-refractivity contribution < 1.29 is 19.0 Å². The van der Waals surface area contributed by atoms with Crippen molar-refractivity contribution in [3.63, 3.8) is 0 Å². The van der Waals surface area contributed by atoms with Gasteiger partial charge in [-0.05, 0) is 44.9 Å². The Balaban J connectivity index is 3.03. The van der Waals surface area contributed by atoms with Crippen LogP contribution in [0.1, 0.15) is 51.3 Å². The molecule has 0 aliphatic carbocycles. The van der Waals surface area contributed by atoms with E-state index in [1.54, 1.807) is 33.9 Å². The maximum atomic E-state index is 14.0. The van der Waals surface area contributed by atoms with Gasteiger partial charge in [0.15, 0.2) is 0 Å². The monoisotopic (exact) mass is 309 g/mol. The van der Waals surface area contributed by atoms with Crippen LogP contribution in [-0.4, -0.2) is 28.7 Å². The molecule has 0 heterocycles. The average Bonchev–Trinajstić information content (AvgIpc) is 2.37. The Hall–Kier alpha value is -2.04. The fourth-order valence-corrected chi connectivity index (χ4v) is 2.17. The third-order valence-electron chi connectivity index (χ3n) is 3.22. The molecule has 1 atom stereocenters. The third kappa shape index (κ3) is 4.48. The lowest BCUT2D eigenvalue weighted by Gasteiger charge is -2.30. The summed E-state index contributed by atoms with van der Waals surface area (Å²) in [6.07, 6.45) is 0.143. The molecule has 0 unspecified atom stereocenters. The molecule has 1 aromatic rings. The van der Waals surface area contributed by atoms with Gasteiger partial charge >= 0.3 is 6.09 Å². The van der Waals surface area contributed by atoms with Gasteiger partial charge in [0.2, 0.25) is 0 Å². The zero-order chi connectivity index (χ0) is 17.1. The number of rotatable bonds is 4. The van der Waals surface area contributed by atoms with Gasteiger partial charge in [-0.3, -0.25) is 0 Å². The molecule has 1 rings (SSSR count). The zero-order valence-electron chi connectivity index (χ0n) is 13.8. The summed E-state index contributed by atoms with van der Waals surface area (Å²) in [5.41, 5.74) is 0.102. The van der Waals surface area contributed by atoms with Crippen molar-refractivity contribution >= 4 is 11.9 Å². The number of ether oxygens (including phenoxy) is 1. The van der Waals surface area contributed by atoms with Crippen LogP contribution in [0, 0.1) is 5.82 Å². The highest BCUT2D eigenvalue weighted by atomic mass is 19.1. The summed E-state index contributed by atoms with van der Waals surface area (Å²) in [6, 6.07) is 4.13. The molecule has 0 saturated carbocycles. The summed E-state index contributed by atoms with van der Waals surface area (Å²) >= 11 is 0. The van der Waals surface area contributed by atoms with E-state index < -0.39 is 17.5 Å². The van der Waals surface area contributed by atoms with Gasteiger partial charge < -0.3 is 14.7 Å². The predicted octanol–water partition coefficient (Wildman–Crippen LogP) is 4.67. The Kier molecular flexibility index (Phi) is 5.58. The minimum absolute atomic E-state index is 0.0542. The second kappa shape index (κ2) is 6.81. The van der Waals surface area contributed by atoms with E-state index in [0.717, 1.165) is 0 Å². The summed E-state index contributed by atoms with van der Waals surface area (Å²) in [4.78, 5) is 13.6. The quantitative estimate of drug-likeness (QED) is 0.822. The molecule has 1 N–H and O–H groups in total. The van der Waals surface area contributed by atoms with Gasteiger partial charge in [0.05, 0.1) is 11.6 Å². The van der Waals surface area contributed by atoms with E-state index in [0.29, 0.717) is 12.0 Å². The number of carbonyl (C=O) groups excluding carboxylic acids is 1. The van der Waals surface area contributed by atoms with Crippen molar-refractivity contribution in [3.05, 3.63) is 41.7 Å². The first kappa shape index (κ1) is 18.0. The SMILES string of the molecule is C=C(O)c1ccc([C@H](CC)N(C)C(=O)OC(C)(C)C)cc1F. The van der Waals surface area contributed by atoms with Crippen molar-refractivity contribution in [2.75, 3.05) is 7.05 Å². The molecule has 0 saturated heterocycles. The van der Waals surface area contributed by atoms with Gasteiger partial charge in [-0.2, -0.15) is 0 Å². The van der Waals surface area contributed by atoms with Crippen molar-refractivity contribution in [3.8, 4) is 0 Å². The molecule has 1 amide bonds. The zero-order valence-corrected chi connectivity index (χ0v) is 13.8. The van der Waals surface area contributed by atoms with Crippen LogP contribution in [0.15, 0.2) is 24.8 Å². The molecule has 0 spiro atoms. The normalized spacial score (nSPS) is 12.6. The number of aliphatic hydroxyl groups is 1. The fraction of sp³-hybridized carbons (Fsp3) is 0.471. The number of benzene rings is 1. The molecule has 0 aromatic heterocycles. The number of hydrogen-bond donors (Lipinski definition) is 1. The van der Waals surface area contributed by atoms with Gasteiger partial charge in [-0.15, -0.1) is 0 Å². The molecule has 0 bridgehead atoms. The highest BCUT2D eigenvalue weighted by Crippen LogP contribution is 2.27. The Bertz CT molecular complexity index is 564. The lowest BCUT2D eigenvalue weighted by Crippen LogP contribution is -2.36. The van der Waals surface area contributed by atoms with Crippen LogP contribution in [-0.2, 0) is 4.74 Å². The summed E-state index contributed by atoms with van der Waals surface area (Å²) in [5.74, 6) is -0.890. The summed E-state index contributed by atoms with van der Waals surface area (Å²) in [6.45, 7) is 10.6. The number of aliphatic hydroxyl groups excluding tert-OH is 1. The molecule has 122 valence electrons. The Morgan fingerprint density at radius 3 is 2.45 bits per heavy atom. The number of carbonyl (C=O) groups is 1. The average molecular weight is 309 g/mol. The maximum absolute atomic E-state index is 14.0. The summed E-state index contributed by atoms with van der Waals surface area (Å²) in [5, 5.41) is 9.30. The van der Waals surface area contributed by atoms with Gasteiger partial charge in [-0.1, -0.05) is 19.6 Å². The first-order valence-corrected chi connectivity index (χ1v) is 7.20. The van der Waals surface area contributed by atoms with Crippen molar-refractivity contribution in [1.82, 2.24) is 4.90 Å². The van der Waals surface area contributed by atoms with Gasteiger partial charge in [0.25, 0.3) is 0 Å². The molecule has 0 radical (unpaired) electrons. The Morgan fingerprint density at radius 1 is 1.45 bits per heavy atom. The number of hydrogen-bond acceptors (Lipinski definition) is 3. The van der Waals surface area contributed by atoms with Crippen LogP contribution >= 0.6 is 0 Å². The minimum atomic E-state index is -0.590. The van der Waals surface area contributed by atoms with Crippen LogP contribution in [0.4, 0.5) is 9.18 Å². The maximum Gasteiger partial charge on any atom is 0.410 e. The molecule has 4 nitrogen and oxygen atoms in total. The highest BCUT2D eigenvalue weighted by molar-refractivity contribution is 5.68. The van der Waals surface area contributed by atoms with Crippen molar-refractivity contribution in [1.29, 1.82) is 0 Å². The Morgan fingerprint density at radius 2 is 2.05 bits per heavy atom. The second-order valence-corrected chi connectivity index (χ2v) is 6.20. The Labute approximate surface area is 131 Å². The number of nitrogens with zero attached hydrogens (tertiary/aromatic N) is 1. The van der Waals surface area contributed by atoms with E-state index in [-0.39, 0.29) is 17.4 Å². The lowest BCUT2D eigenvalue weighted by atomic mass is 10.0. The van der Waals surface area contributed by atoms with Crippen LogP contribution in [0.2, 0.25) is 0 Å². The molecular weight excluding hydrogens is 285 g/mol. The minimum Gasteiger partial charge on any atom is -0.508 e. The van der Waals surface area contributed by atoms with E-state index in [2.05, 4.69) is 6.58 Å². The van der Waals surface area contributed by atoms with Crippen molar-refractivity contribution in [2.45, 2.75) is 45.8 Å². The molecule has 1 aromatic carbocycles. The van der Waals surface area contributed by atoms with Crippen LogP contribution in [0.25, 0.3) is 5.76 Å². The van der Waals surface area contributed by atoms with Crippen LogP contribution in [0.3, 0.4) is 0 Å². The first-order valence-electron chi connectivity index (χ1n) is 7.20. The first-order chi connectivity index (χ1) is 10.1. The van der Waals surface area contributed by atoms with Gasteiger partial charge in [0.1, 0.15) is 17.2 Å². The van der Waals surface area contributed by atoms with Gasteiger partial charge in [-0.25, -0.2) is 9.18 Å². The third-order valence-corrected chi connectivity index (χ3v) is 3.22. The molecular formula is C17H24FNO3. The van der Waals surface area contributed by atoms with Crippen LogP contribution < -0.4 is 0 Å². The van der Waals surface area contributed by atoms with E-state index in [1.807, 2.05) is 6.92 Å². The lowest BCUT2D eigenvalue weighted by molar-refractivity contribution is 0.0215. The summed E-state index contributed by atoms with van der Waals surface area (Å²) < 4.78 is 19.3. The van der Waals surface area contributed by atoms with E-state index in [9.17, 15) is 14.3 Å². The molecule has 22 heavy (non-hydrogen) atoms. The standard InChI is InChI=1S/C17H24FNO3/c1-7-15(19(6)16(21)22-17(3,4)5)12-8-9-13(11(2)20)14(18)10-12/h8-10,15,20H,2,7H2,1,3-6H3/t15-/m0/s1. The second-order valence-electron chi connectivity index (χ2n) is 6.20. The fourth-order valence-electron chi connectivity index (χ4n) is 2.17. The molecule has 0 fully saturated rings. The number of amides is 1. The molecule has 5 heteroatoms. The van der Waals surface area contributed by atoms with Crippen molar-refractivity contribution in [2.24, 2.45) is 0 Å². The van der Waals surface area contributed by atoms with E-state index in [4.69, 9.17) is 4.74 Å². The predicted molar refractivity (Wildman–Crippen MR) is 85.1 cm³/mol. The topological polar surface area (TPSA) is 49.8 Å². The van der Waals surface area contributed by atoms with E-state index in [1.165, 1.54) is 17.0 Å². The van der Waals surface area contributed by atoms with Gasteiger partial charge in [0, 0.05) is 7.05 Å². The largest absolute Gasteiger partial charge is 0.508 e. The van der Waals surface area contributed by atoms with E-state index >= 15 is 0 Å². The van der Waals surface area contributed by atoms with Crippen LogP contribution in [0.5, 0.6) is 0 Å².